The van der Waals surface area contributed by atoms with Crippen LogP contribution >= 0.6 is 24.0 Å². The van der Waals surface area contributed by atoms with E-state index in [0.717, 1.165) is 10.7 Å². The maximum absolute atomic E-state index is 12.2. The van der Waals surface area contributed by atoms with Crippen molar-refractivity contribution in [3.05, 3.63) is 28.9 Å². The molecular formula is C13H15N3O2S2. The zero-order valence-electron chi connectivity index (χ0n) is 11.2. The molecule has 7 heteroatoms. The zero-order chi connectivity index (χ0) is 14.7. The third-order valence-electron chi connectivity index (χ3n) is 2.53. The normalized spacial score (nSPS) is 17.4. The van der Waals surface area contributed by atoms with Crippen LogP contribution in [0.2, 0.25) is 0 Å². The highest BCUT2D eigenvalue weighted by Gasteiger charge is 2.33. The molecule has 1 fully saturated rings. The van der Waals surface area contributed by atoms with Crippen LogP contribution in [0.5, 0.6) is 0 Å². The summed E-state index contributed by atoms with van der Waals surface area (Å²) in [4.78, 5) is 27.4. The third kappa shape index (κ3) is 3.49. The quantitative estimate of drug-likeness (QED) is 0.661. The van der Waals surface area contributed by atoms with E-state index < -0.39 is 0 Å². The predicted octanol–water partition coefficient (Wildman–Crippen LogP) is 2.29. The molecule has 0 atom stereocenters. The van der Waals surface area contributed by atoms with Gasteiger partial charge in [0.15, 0.2) is 4.32 Å². The van der Waals surface area contributed by atoms with Crippen LogP contribution in [-0.2, 0) is 9.59 Å². The molecule has 106 valence electrons. The monoisotopic (exact) mass is 309 g/mol. The van der Waals surface area contributed by atoms with E-state index in [0.29, 0.717) is 15.6 Å². The molecule has 2 heterocycles. The molecule has 0 bridgehead atoms. The standard InChI is InChI=1S/C13H15N3O2S2/c1-8(2)6-11(17)15-16-12(18)10(20-13(16)19)7-9-4-3-5-14-9/h3-5,7-8,14H,6H2,1-2H3,(H,15,17). The Hall–Kier alpha value is -1.60. The van der Waals surface area contributed by atoms with E-state index >= 15 is 0 Å². The minimum Gasteiger partial charge on any atom is -0.362 e. The molecule has 1 aliphatic rings. The fourth-order valence-electron chi connectivity index (χ4n) is 1.68. The van der Waals surface area contributed by atoms with Crippen molar-refractivity contribution in [2.45, 2.75) is 20.3 Å². The van der Waals surface area contributed by atoms with Crippen LogP contribution in [0.3, 0.4) is 0 Å². The van der Waals surface area contributed by atoms with Gasteiger partial charge >= 0.3 is 0 Å². The van der Waals surface area contributed by atoms with Gasteiger partial charge in [-0.3, -0.25) is 15.0 Å². The van der Waals surface area contributed by atoms with Crippen molar-refractivity contribution < 1.29 is 9.59 Å². The first-order valence-electron chi connectivity index (χ1n) is 6.18. The molecule has 1 aromatic rings. The van der Waals surface area contributed by atoms with Crippen molar-refractivity contribution in [2.24, 2.45) is 5.92 Å². The van der Waals surface area contributed by atoms with E-state index in [9.17, 15) is 9.59 Å². The van der Waals surface area contributed by atoms with Gasteiger partial charge in [-0.05, 0) is 36.3 Å². The molecule has 0 unspecified atom stereocenters. The van der Waals surface area contributed by atoms with Crippen molar-refractivity contribution in [1.82, 2.24) is 15.4 Å². The Morgan fingerprint density at radius 2 is 2.35 bits per heavy atom. The third-order valence-corrected chi connectivity index (χ3v) is 3.83. The number of aromatic amines is 1. The van der Waals surface area contributed by atoms with Crippen LogP contribution in [0.15, 0.2) is 23.2 Å². The minimum absolute atomic E-state index is 0.211. The van der Waals surface area contributed by atoms with Gasteiger partial charge in [0.2, 0.25) is 5.91 Å². The lowest BCUT2D eigenvalue weighted by Crippen LogP contribution is -2.45. The molecule has 2 amide bonds. The first-order valence-corrected chi connectivity index (χ1v) is 7.40. The maximum Gasteiger partial charge on any atom is 0.285 e. The van der Waals surface area contributed by atoms with E-state index in [2.05, 4.69) is 10.4 Å². The molecule has 20 heavy (non-hydrogen) atoms. The molecule has 0 radical (unpaired) electrons. The highest BCUT2D eigenvalue weighted by Crippen LogP contribution is 2.31. The molecular weight excluding hydrogens is 294 g/mol. The maximum atomic E-state index is 12.2. The van der Waals surface area contributed by atoms with Crippen molar-refractivity contribution in [3.63, 3.8) is 0 Å². The summed E-state index contributed by atoms with van der Waals surface area (Å²) in [5.74, 6) is -0.285. The second-order valence-electron chi connectivity index (χ2n) is 4.78. The molecule has 0 saturated carbocycles. The van der Waals surface area contributed by atoms with Crippen molar-refractivity contribution in [3.8, 4) is 0 Å². The first kappa shape index (κ1) is 14.8. The van der Waals surface area contributed by atoms with Gasteiger partial charge in [0.1, 0.15) is 0 Å². The number of nitrogens with one attached hydrogen (secondary N) is 2. The first-order chi connectivity index (χ1) is 9.47. The summed E-state index contributed by atoms with van der Waals surface area (Å²) >= 11 is 6.30. The van der Waals surface area contributed by atoms with Gasteiger partial charge in [-0.1, -0.05) is 25.6 Å². The number of carbonyl (C=O) groups is 2. The van der Waals surface area contributed by atoms with Gasteiger partial charge in [0.05, 0.1) is 4.91 Å². The summed E-state index contributed by atoms with van der Waals surface area (Å²) in [7, 11) is 0. The van der Waals surface area contributed by atoms with E-state index in [-0.39, 0.29) is 17.7 Å². The molecule has 0 aromatic carbocycles. The number of rotatable bonds is 4. The number of thioether (sulfide) groups is 1. The van der Waals surface area contributed by atoms with Crippen LogP contribution in [-0.4, -0.2) is 26.1 Å². The molecule has 2 N–H and O–H groups in total. The predicted molar refractivity (Wildman–Crippen MR) is 83.4 cm³/mol. The van der Waals surface area contributed by atoms with E-state index in [1.54, 1.807) is 12.3 Å². The van der Waals surface area contributed by atoms with Crippen LogP contribution in [0.4, 0.5) is 0 Å². The van der Waals surface area contributed by atoms with Gasteiger partial charge in [-0.25, -0.2) is 0 Å². The van der Waals surface area contributed by atoms with Gasteiger partial charge < -0.3 is 4.98 Å². The summed E-state index contributed by atoms with van der Waals surface area (Å²) in [5.41, 5.74) is 3.37. The molecule has 5 nitrogen and oxygen atoms in total. The molecule has 2 rings (SSSR count). The van der Waals surface area contributed by atoms with Crippen LogP contribution in [0.1, 0.15) is 26.0 Å². The lowest BCUT2D eigenvalue weighted by Gasteiger charge is -2.16. The van der Waals surface area contributed by atoms with E-state index in [4.69, 9.17) is 12.2 Å². The lowest BCUT2D eigenvalue weighted by molar-refractivity contribution is -0.133. The van der Waals surface area contributed by atoms with Crippen molar-refractivity contribution in [1.29, 1.82) is 0 Å². The summed E-state index contributed by atoms with van der Waals surface area (Å²) in [6.07, 6.45) is 3.84. The molecule has 1 saturated heterocycles. The number of hydrogen-bond acceptors (Lipinski definition) is 4. The minimum atomic E-state index is -0.299. The fraction of sp³-hybridized carbons (Fsp3) is 0.308. The summed E-state index contributed by atoms with van der Waals surface area (Å²) in [6, 6.07) is 3.70. The number of amides is 2. The smallest absolute Gasteiger partial charge is 0.285 e. The number of H-pyrrole nitrogens is 1. The topological polar surface area (TPSA) is 65.2 Å². The number of aromatic nitrogens is 1. The van der Waals surface area contributed by atoms with Gasteiger partial charge in [0.25, 0.3) is 5.91 Å². The highest BCUT2D eigenvalue weighted by atomic mass is 32.2. The second kappa shape index (κ2) is 6.23. The fourth-order valence-corrected chi connectivity index (χ4v) is 2.85. The van der Waals surface area contributed by atoms with Crippen molar-refractivity contribution >= 4 is 46.2 Å². The Balaban J connectivity index is 2.07. The van der Waals surface area contributed by atoms with Gasteiger partial charge in [0, 0.05) is 18.3 Å². The molecule has 0 aliphatic carbocycles. The number of nitrogens with zero attached hydrogens (tertiary/aromatic N) is 1. The second-order valence-corrected chi connectivity index (χ2v) is 6.45. The molecule has 1 aliphatic heterocycles. The average molecular weight is 309 g/mol. The van der Waals surface area contributed by atoms with E-state index in [1.807, 2.05) is 26.0 Å². The molecule has 0 spiro atoms. The summed E-state index contributed by atoms with van der Waals surface area (Å²) in [5, 5.41) is 1.14. The Morgan fingerprint density at radius 1 is 1.60 bits per heavy atom. The SMILES string of the molecule is CC(C)CC(=O)NN1C(=O)C(=Cc2ccc[nH]2)SC1=S. The van der Waals surface area contributed by atoms with Crippen LogP contribution in [0, 0.1) is 5.92 Å². The zero-order valence-corrected chi connectivity index (χ0v) is 12.8. The summed E-state index contributed by atoms with van der Waals surface area (Å²) in [6.45, 7) is 3.88. The largest absolute Gasteiger partial charge is 0.362 e. The Kier molecular flexibility index (Phi) is 4.61. The number of hydrogen-bond donors (Lipinski definition) is 2. The summed E-state index contributed by atoms with van der Waals surface area (Å²) < 4.78 is 0.338. The Bertz CT molecular complexity index is 564. The highest BCUT2D eigenvalue weighted by molar-refractivity contribution is 8.26. The lowest BCUT2D eigenvalue weighted by atomic mass is 10.1. The van der Waals surface area contributed by atoms with E-state index in [1.165, 1.54) is 11.8 Å². The number of thiocarbonyl (C=S) groups is 1. The average Bonchev–Trinajstić information content (AvgIpc) is 2.93. The number of carbonyl (C=O) groups excluding carboxylic acids is 2. The van der Waals surface area contributed by atoms with Crippen LogP contribution < -0.4 is 5.43 Å². The van der Waals surface area contributed by atoms with Gasteiger partial charge in [-0.2, -0.15) is 5.01 Å². The Labute approximate surface area is 126 Å². The van der Waals surface area contributed by atoms with Crippen molar-refractivity contribution in [2.75, 3.05) is 0 Å². The number of hydrazine groups is 1. The van der Waals surface area contributed by atoms with Gasteiger partial charge in [-0.15, -0.1) is 0 Å². The van der Waals surface area contributed by atoms with Crippen LogP contribution in [0.25, 0.3) is 6.08 Å². The molecule has 1 aromatic heterocycles. The Morgan fingerprint density at radius 3 is 2.95 bits per heavy atom.